The molecule has 25 heavy (non-hydrogen) atoms. The average molecular weight is 361 g/mol. The zero-order valence-corrected chi connectivity index (χ0v) is 14.4. The summed E-state index contributed by atoms with van der Waals surface area (Å²) in [6.45, 7) is 1.70. The van der Waals surface area contributed by atoms with Gasteiger partial charge < -0.3 is 4.74 Å². The van der Waals surface area contributed by atoms with Crippen LogP contribution >= 0.6 is 11.6 Å². The first kappa shape index (κ1) is 17.2. The van der Waals surface area contributed by atoms with Gasteiger partial charge in [-0.15, -0.1) is 0 Å². The molecule has 1 aromatic heterocycles. The molecule has 0 fully saturated rings. The van der Waals surface area contributed by atoms with Gasteiger partial charge in [-0.05, 0) is 37.4 Å². The summed E-state index contributed by atoms with van der Waals surface area (Å²) in [5, 5.41) is 16.8. The average Bonchev–Trinajstić information content (AvgIpc) is 2.99. The summed E-state index contributed by atoms with van der Waals surface area (Å²) in [5.74, 6) is 0.762. The second kappa shape index (κ2) is 7.50. The monoisotopic (exact) mass is 360 g/mol. The fourth-order valence-electron chi connectivity index (χ4n) is 2.43. The maximum absolute atomic E-state index is 10.9. The molecule has 0 spiro atoms. The number of hydrogen-bond acceptors (Lipinski definition) is 5. The van der Waals surface area contributed by atoms with E-state index in [-0.39, 0.29) is 5.69 Å². The highest BCUT2D eigenvalue weighted by atomic mass is 35.5. The van der Waals surface area contributed by atoms with Crippen LogP contribution in [0.3, 0.4) is 0 Å². The molecule has 0 saturated heterocycles. The fourth-order valence-corrected chi connectivity index (χ4v) is 2.56. The number of rotatable bonds is 7. The molecule has 3 rings (SSSR count). The van der Waals surface area contributed by atoms with Crippen LogP contribution in [-0.2, 0) is 6.67 Å². The Bertz CT molecular complexity index is 879. The highest BCUT2D eigenvalue weighted by Gasteiger charge is 2.11. The number of nitro groups is 1. The van der Waals surface area contributed by atoms with Crippen molar-refractivity contribution in [1.82, 2.24) is 14.7 Å². The topological polar surface area (TPSA) is 73.4 Å². The van der Waals surface area contributed by atoms with Crippen LogP contribution < -0.4 is 4.74 Å². The smallest absolute Gasteiger partial charge is 0.271 e. The summed E-state index contributed by atoms with van der Waals surface area (Å²) in [7, 11) is 1.94. The summed E-state index contributed by atoms with van der Waals surface area (Å²) in [4.78, 5) is 12.6. The Kier molecular flexibility index (Phi) is 5.16. The van der Waals surface area contributed by atoms with E-state index in [1.165, 1.54) is 6.07 Å². The van der Waals surface area contributed by atoms with E-state index in [1.54, 1.807) is 35.1 Å². The second-order valence-corrected chi connectivity index (χ2v) is 6.10. The number of fused-ring (bicyclic) bond motifs is 1. The van der Waals surface area contributed by atoms with Crippen LogP contribution in [0.4, 0.5) is 5.69 Å². The van der Waals surface area contributed by atoms with Crippen molar-refractivity contribution >= 4 is 28.2 Å². The quantitative estimate of drug-likeness (QED) is 0.475. The molecule has 2 aromatic carbocycles. The minimum absolute atomic E-state index is 0.0583. The molecule has 0 aliphatic rings. The van der Waals surface area contributed by atoms with Crippen molar-refractivity contribution in [3.8, 4) is 5.75 Å². The van der Waals surface area contributed by atoms with E-state index in [0.29, 0.717) is 24.8 Å². The van der Waals surface area contributed by atoms with Crippen molar-refractivity contribution in [3.05, 3.63) is 63.8 Å². The van der Waals surface area contributed by atoms with Crippen molar-refractivity contribution in [3.63, 3.8) is 0 Å². The Morgan fingerprint density at radius 3 is 2.76 bits per heavy atom. The maximum atomic E-state index is 10.9. The number of aromatic nitrogens is 2. The normalized spacial score (nSPS) is 11.2. The molecule has 0 aliphatic carbocycles. The molecular weight excluding hydrogens is 344 g/mol. The number of likely N-dealkylation sites (N-methyl/N-ethyl adjacent to an activating group) is 1. The third kappa shape index (κ3) is 4.26. The molecule has 0 saturated carbocycles. The molecule has 0 radical (unpaired) electrons. The first-order valence-corrected chi connectivity index (χ1v) is 8.07. The lowest BCUT2D eigenvalue weighted by atomic mass is 10.2. The number of non-ortho nitro benzene ring substituents is 1. The summed E-state index contributed by atoms with van der Waals surface area (Å²) in [5.41, 5.74) is 0.794. The zero-order valence-electron chi connectivity index (χ0n) is 13.6. The van der Waals surface area contributed by atoms with E-state index in [9.17, 15) is 10.1 Å². The molecule has 0 unspecified atom stereocenters. The van der Waals surface area contributed by atoms with Gasteiger partial charge in [0, 0.05) is 29.1 Å². The molecule has 0 bridgehead atoms. The van der Waals surface area contributed by atoms with Crippen molar-refractivity contribution < 1.29 is 9.66 Å². The molecular formula is C17H17ClN4O3. The number of nitrogens with zero attached hydrogens (tertiary/aromatic N) is 4. The minimum Gasteiger partial charge on any atom is -0.492 e. The molecule has 1 heterocycles. The van der Waals surface area contributed by atoms with Crippen molar-refractivity contribution in [1.29, 1.82) is 0 Å². The van der Waals surface area contributed by atoms with E-state index >= 15 is 0 Å². The van der Waals surface area contributed by atoms with Crippen LogP contribution in [0.5, 0.6) is 5.75 Å². The Morgan fingerprint density at radius 1 is 1.28 bits per heavy atom. The minimum atomic E-state index is -0.402. The van der Waals surface area contributed by atoms with Gasteiger partial charge in [-0.1, -0.05) is 11.6 Å². The highest BCUT2D eigenvalue weighted by Crippen LogP contribution is 2.20. The van der Waals surface area contributed by atoms with Gasteiger partial charge in [-0.25, -0.2) is 0 Å². The number of ether oxygens (including phenoxy) is 1. The van der Waals surface area contributed by atoms with Gasteiger partial charge in [0.25, 0.3) is 5.69 Å². The molecule has 0 N–H and O–H groups in total. The van der Waals surface area contributed by atoms with Crippen LogP contribution in [0, 0.1) is 10.1 Å². The number of benzene rings is 2. The molecule has 3 aromatic rings. The van der Waals surface area contributed by atoms with Gasteiger partial charge in [0.2, 0.25) is 0 Å². The first-order chi connectivity index (χ1) is 12.0. The first-order valence-electron chi connectivity index (χ1n) is 7.70. The largest absolute Gasteiger partial charge is 0.492 e. The van der Waals surface area contributed by atoms with E-state index < -0.39 is 4.92 Å². The summed E-state index contributed by atoms with van der Waals surface area (Å²) < 4.78 is 7.41. The summed E-state index contributed by atoms with van der Waals surface area (Å²) >= 11 is 5.84. The summed E-state index contributed by atoms with van der Waals surface area (Å²) in [6, 6.07) is 11.9. The van der Waals surface area contributed by atoms with Gasteiger partial charge >= 0.3 is 0 Å². The fraction of sp³-hybridized carbons (Fsp3) is 0.235. The van der Waals surface area contributed by atoms with Crippen molar-refractivity contribution in [2.24, 2.45) is 0 Å². The number of halogens is 1. The lowest BCUT2D eigenvalue weighted by Crippen LogP contribution is -2.27. The number of hydrogen-bond donors (Lipinski definition) is 0. The van der Waals surface area contributed by atoms with Gasteiger partial charge in [-0.2, -0.15) is 5.10 Å². The van der Waals surface area contributed by atoms with E-state index in [1.807, 2.05) is 24.1 Å². The van der Waals surface area contributed by atoms with Gasteiger partial charge in [0.15, 0.2) is 0 Å². The lowest BCUT2D eigenvalue weighted by molar-refractivity contribution is -0.384. The predicted molar refractivity (Wildman–Crippen MR) is 96.0 cm³/mol. The van der Waals surface area contributed by atoms with Crippen LogP contribution in [0.15, 0.2) is 48.7 Å². The van der Waals surface area contributed by atoms with Crippen LogP contribution in [-0.4, -0.2) is 39.8 Å². The van der Waals surface area contributed by atoms with E-state index in [4.69, 9.17) is 16.3 Å². The van der Waals surface area contributed by atoms with Crippen molar-refractivity contribution in [2.75, 3.05) is 20.2 Å². The van der Waals surface area contributed by atoms with E-state index in [2.05, 4.69) is 5.10 Å². The van der Waals surface area contributed by atoms with E-state index in [0.717, 1.165) is 16.7 Å². The van der Waals surface area contributed by atoms with Crippen LogP contribution in [0.2, 0.25) is 5.02 Å². The third-order valence-corrected chi connectivity index (χ3v) is 4.02. The van der Waals surface area contributed by atoms with Crippen LogP contribution in [0.25, 0.3) is 10.9 Å². The molecule has 8 heteroatoms. The van der Waals surface area contributed by atoms with Gasteiger partial charge in [0.05, 0.1) is 23.3 Å². The van der Waals surface area contributed by atoms with Crippen LogP contribution in [0.1, 0.15) is 0 Å². The van der Waals surface area contributed by atoms with Gasteiger partial charge in [0.1, 0.15) is 12.4 Å². The molecule has 7 nitrogen and oxygen atoms in total. The number of nitro benzene ring substituents is 1. The Balaban J connectivity index is 1.59. The molecule has 0 amide bonds. The van der Waals surface area contributed by atoms with Crippen molar-refractivity contribution in [2.45, 2.75) is 6.67 Å². The molecule has 130 valence electrons. The SMILES string of the molecule is CN(CCOc1ccc(Cl)cc1)Cn1ncc2ccc([N+](=O)[O-])cc21. The second-order valence-electron chi connectivity index (χ2n) is 5.67. The Labute approximate surface area is 149 Å². The Morgan fingerprint density at radius 2 is 2.04 bits per heavy atom. The standard InChI is InChI=1S/C17H17ClN4O3/c1-20(8-9-25-16-6-3-14(18)4-7-16)12-21-17-10-15(22(23)24)5-2-13(17)11-19-21/h2-7,10-11H,8-9,12H2,1H3. The Hall–Kier alpha value is -2.64. The maximum Gasteiger partial charge on any atom is 0.271 e. The predicted octanol–water partition coefficient (Wildman–Crippen LogP) is 3.57. The molecule has 0 atom stereocenters. The third-order valence-electron chi connectivity index (χ3n) is 3.77. The highest BCUT2D eigenvalue weighted by molar-refractivity contribution is 6.30. The molecule has 0 aliphatic heterocycles. The zero-order chi connectivity index (χ0) is 17.8. The lowest BCUT2D eigenvalue weighted by Gasteiger charge is -2.17. The summed E-state index contributed by atoms with van der Waals surface area (Å²) in [6.07, 6.45) is 1.71. The van der Waals surface area contributed by atoms with Gasteiger partial charge in [-0.3, -0.25) is 19.7 Å².